The van der Waals surface area contributed by atoms with Crippen molar-refractivity contribution in [3.05, 3.63) is 33.9 Å². The van der Waals surface area contributed by atoms with Gasteiger partial charge in [0.1, 0.15) is 11.3 Å². The molecule has 0 spiro atoms. The van der Waals surface area contributed by atoms with Gasteiger partial charge in [-0.05, 0) is 35.0 Å². The smallest absolute Gasteiger partial charge is 0.197 e. The molecule has 0 aliphatic rings. The summed E-state index contributed by atoms with van der Waals surface area (Å²) in [6, 6.07) is 3.94. The monoisotopic (exact) mass is 323 g/mol. The van der Waals surface area contributed by atoms with E-state index in [1.165, 1.54) is 11.3 Å². The van der Waals surface area contributed by atoms with Gasteiger partial charge >= 0.3 is 0 Å². The van der Waals surface area contributed by atoms with Crippen molar-refractivity contribution in [2.24, 2.45) is 5.84 Å². The molecule has 0 aromatic carbocycles. The van der Waals surface area contributed by atoms with Crippen LogP contribution in [0.1, 0.15) is 5.69 Å². The summed E-state index contributed by atoms with van der Waals surface area (Å²) >= 11 is 4.94. The van der Waals surface area contributed by atoms with Gasteiger partial charge in [-0.3, -0.25) is 9.83 Å². The maximum absolute atomic E-state index is 5.36. The van der Waals surface area contributed by atoms with Gasteiger partial charge in [0.2, 0.25) is 0 Å². The van der Waals surface area contributed by atoms with E-state index in [4.69, 9.17) is 5.84 Å². The average molecular weight is 324 g/mol. The molecular formula is C11H10BrN5S. The maximum atomic E-state index is 5.36. The van der Waals surface area contributed by atoms with E-state index >= 15 is 0 Å². The van der Waals surface area contributed by atoms with E-state index in [-0.39, 0.29) is 0 Å². The van der Waals surface area contributed by atoms with Gasteiger partial charge in [-0.2, -0.15) is 0 Å². The lowest BCUT2D eigenvalue weighted by Crippen LogP contribution is -2.05. The molecule has 3 aromatic heterocycles. The molecule has 18 heavy (non-hydrogen) atoms. The van der Waals surface area contributed by atoms with Gasteiger partial charge in [-0.1, -0.05) is 0 Å². The van der Waals surface area contributed by atoms with Gasteiger partial charge < -0.3 is 0 Å². The number of anilines is 1. The Morgan fingerprint density at radius 2 is 2.22 bits per heavy atom. The number of aromatic nitrogens is 3. The molecule has 0 bridgehead atoms. The highest BCUT2D eigenvalue weighted by Crippen LogP contribution is 2.28. The number of nitrogens with zero attached hydrogens (tertiary/aromatic N) is 3. The predicted molar refractivity (Wildman–Crippen MR) is 76.5 cm³/mol. The van der Waals surface area contributed by atoms with Crippen molar-refractivity contribution in [3.8, 4) is 11.4 Å². The van der Waals surface area contributed by atoms with Crippen LogP contribution in [0.15, 0.2) is 28.2 Å². The van der Waals surface area contributed by atoms with E-state index in [9.17, 15) is 0 Å². The normalized spacial score (nSPS) is 11.1. The topological polar surface area (TPSA) is 68.2 Å². The summed E-state index contributed by atoms with van der Waals surface area (Å²) in [4.78, 5) is 8.94. The lowest BCUT2D eigenvalue weighted by Gasteiger charge is -2.00. The molecule has 3 N–H and O–H groups in total. The first kappa shape index (κ1) is 11.6. The molecule has 7 heteroatoms. The first-order valence-electron chi connectivity index (χ1n) is 5.26. The van der Waals surface area contributed by atoms with E-state index in [1.807, 2.05) is 35.0 Å². The van der Waals surface area contributed by atoms with E-state index < -0.39 is 0 Å². The number of halogens is 1. The van der Waals surface area contributed by atoms with E-state index in [2.05, 4.69) is 31.3 Å². The first-order valence-corrected chi connectivity index (χ1v) is 6.93. The fourth-order valence-electron chi connectivity index (χ4n) is 1.89. The zero-order valence-corrected chi connectivity index (χ0v) is 11.9. The van der Waals surface area contributed by atoms with E-state index in [0.29, 0.717) is 5.13 Å². The molecule has 5 nitrogen and oxygen atoms in total. The molecule has 0 amide bonds. The molecular weight excluding hydrogens is 314 g/mol. The van der Waals surface area contributed by atoms with Crippen LogP contribution < -0.4 is 11.3 Å². The summed E-state index contributed by atoms with van der Waals surface area (Å²) in [5.74, 6) is 5.36. The fraction of sp³-hybridized carbons (Fsp3) is 0.0909. The molecule has 0 atom stereocenters. The van der Waals surface area contributed by atoms with Crippen LogP contribution in [0.3, 0.4) is 0 Å². The molecule has 0 fully saturated rings. The Balaban J connectivity index is 2.26. The fourth-order valence-corrected chi connectivity index (χ4v) is 2.84. The summed E-state index contributed by atoms with van der Waals surface area (Å²) in [6.45, 7) is 1.98. The summed E-state index contributed by atoms with van der Waals surface area (Å²) in [5.41, 5.74) is 6.27. The average Bonchev–Trinajstić information content (AvgIpc) is 2.92. The second-order valence-electron chi connectivity index (χ2n) is 3.80. The number of nitrogens with one attached hydrogen (secondary N) is 1. The lowest BCUT2D eigenvalue weighted by molar-refractivity contribution is 1.16. The molecule has 0 saturated heterocycles. The molecule has 3 aromatic rings. The van der Waals surface area contributed by atoms with Crippen LogP contribution in [0.4, 0.5) is 5.13 Å². The number of hydrogen-bond acceptors (Lipinski definition) is 5. The number of thiazole rings is 1. The number of hydrazine groups is 1. The van der Waals surface area contributed by atoms with Gasteiger partial charge in [-0.15, -0.1) is 11.3 Å². The molecule has 3 heterocycles. The van der Waals surface area contributed by atoms with Gasteiger partial charge in [0.05, 0.1) is 11.4 Å². The molecule has 0 radical (unpaired) electrons. The summed E-state index contributed by atoms with van der Waals surface area (Å²) < 4.78 is 3.02. The Labute approximate surface area is 116 Å². The summed E-state index contributed by atoms with van der Waals surface area (Å²) in [5, 5.41) is 2.65. The number of nitrogens with two attached hydrogens (primary N) is 1. The van der Waals surface area contributed by atoms with Gasteiger partial charge in [0.25, 0.3) is 0 Å². The Morgan fingerprint density at radius 3 is 2.94 bits per heavy atom. The third kappa shape index (κ3) is 1.80. The Hall–Kier alpha value is -1.44. The quantitative estimate of drug-likeness (QED) is 0.562. The van der Waals surface area contributed by atoms with Crippen molar-refractivity contribution in [2.75, 3.05) is 5.43 Å². The highest BCUT2D eigenvalue weighted by atomic mass is 79.9. The molecule has 0 unspecified atom stereocenters. The van der Waals surface area contributed by atoms with Crippen LogP contribution in [0.5, 0.6) is 0 Å². The van der Waals surface area contributed by atoms with Gasteiger partial charge in [-0.25, -0.2) is 15.8 Å². The van der Waals surface area contributed by atoms with E-state index in [1.54, 1.807) is 0 Å². The lowest BCUT2D eigenvalue weighted by atomic mass is 10.3. The molecule has 0 aliphatic heterocycles. The minimum atomic E-state index is 0.689. The standard InChI is InChI=1S/C11H10BrN5S/c1-6-10(8-5-18-11(15-8)16-13)17-4-7(12)2-3-9(17)14-6/h2-5H,13H2,1H3,(H,15,16). The van der Waals surface area contributed by atoms with Crippen molar-refractivity contribution < 1.29 is 0 Å². The maximum Gasteiger partial charge on any atom is 0.197 e. The number of hydrogen-bond donors (Lipinski definition) is 2. The number of aryl methyl sites for hydroxylation is 1. The highest BCUT2D eigenvalue weighted by molar-refractivity contribution is 9.10. The van der Waals surface area contributed by atoms with Crippen LogP contribution >= 0.6 is 27.3 Å². The van der Waals surface area contributed by atoms with Crippen molar-refractivity contribution in [1.82, 2.24) is 14.4 Å². The molecule has 0 saturated carbocycles. The molecule has 92 valence electrons. The van der Waals surface area contributed by atoms with Crippen LogP contribution in [0.25, 0.3) is 17.0 Å². The highest BCUT2D eigenvalue weighted by Gasteiger charge is 2.14. The van der Waals surface area contributed by atoms with Crippen LogP contribution in [-0.2, 0) is 0 Å². The largest absolute Gasteiger partial charge is 0.300 e. The van der Waals surface area contributed by atoms with Crippen LogP contribution in [-0.4, -0.2) is 14.4 Å². The van der Waals surface area contributed by atoms with E-state index in [0.717, 1.165) is 27.2 Å². The Kier molecular flexibility index (Phi) is 2.81. The second-order valence-corrected chi connectivity index (χ2v) is 5.58. The first-order chi connectivity index (χ1) is 8.69. The van der Waals surface area contributed by atoms with Gasteiger partial charge in [0, 0.05) is 16.0 Å². The Bertz CT molecular complexity index is 717. The second kappa shape index (κ2) is 4.34. The summed E-state index contributed by atoms with van der Waals surface area (Å²) in [6.07, 6.45) is 1.99. The van der Waals surface area contributed by atoms with Crippen molar-refractivity contribution in [2.45, 2.75) is 6.92 Å². The van der Waals surface area contributed by atoms with Crippen molar-refractivity contribution in [3.63, 3.8) is 0 Å². The molecule has 3 rings (SSSR count). The van der Waals surface area contributed by atoms with Crippen LogP contribution in [0.2, 0.25) is 0 Å². The zero-order valence-electron chi connectivity index (χ0n) is 9.51. The minimum Gasteiger partial charge on any atom is -0.300 e. The number of nitrogen functional groups attached to an aromatic ring is 1. The van der Waals surface area contributed by atoms with Crippen molar-refractivity contribution in [1.29, 1.82) is 0 Å². The van der Waals surface area contributed by atoms with Crippen LogP contribution in [0, 0.1) is 6.92 Å². The zero-order chi connectivity index (χ0) is 12.7. The number of pyridine rings is 1. The number of fused-ring (bicyclic) bond motifs is 1. The third-order valence-corrected chi connectivity index (χ3v) is 3.87. The Morgan fingerprint density at radius 1 is 1.39 bits per heavy atom. The third-order valence-electron chi connectivity index (χ3n) is 2.63. The number of rotatable bonds is 2. The summed E-state index contributed by atoms with van der Waals surface area (Å²) in [7, 11) is 0. The predicted octanol–water partition coefficient (Wildman–Crippen LogP) is 2.81. The van der Waals surface area contributed by atoms with Gasteiger partial charge in [0.15, 0.2) is 5.13 Å². The van der Waals surface area contributed by atoms with Crippen molar-refractivity contribution >= 4 is 38.0 Å². The SMILES string of the molecule is Cc1nc2ccc(Br)cn2c1-c1csc(NN)n1. The molecule has 0 aliphatic carbocycles. The number of imidazole rings is 1. The minimum absolute atomic E-state index is 0.689.